The molecule has 0 aliphatic carbocycles. The Morgan fingerprint density at radius 3 is 2.92 bits per heavy atom. The number of carbonyl (C=O) groups excluding carboxylic acids is 1. The largest absolute Gasteiger partial charge is 0.376 e. The van der Waals surface area contributed by atoms with E-state index in [1.807, 2.05) is 12.4 Å². The maximum Gasteiger partial charge on any atom is 0.256 e. The smallest absolute Gasteiger partial charge is 0.256 e. The number of nitrogens with zero attached hydrogens (tertiary/aromatic N) is 4. The highest BCUT2D eigenvalue weighted by atomic mass is 16.6. The molecule has 1 atom stereocenters. The molecule has 0 bridgehead atoms. The van der Waals surface area contributed by atoms with Gasteiger partial charge >= 0.3 is 0 Å². The van der Waals surface area contributed by atoms with Gasteiger partial charge in [0, 0.05) is 31.0 Å². The van der Waals surface area contributed by atoms with Gasteiger partial charge in [0.15, 0.2) is 5.65 Å². The molecule has 0 unspecified atom stereocenters. The summed E-state index contributed by atoms with van der Waals surface area (Å²) >= 11 is 0. The Morgan fingerprint density at radius 2 is 2.20 bits per heavy atom. The summed E-state index contributed by atoms with van der Waals surface area (Å²) in [6.45, 7) is 9.13. The van der Waals surface area contributed by atoms with Crippen molar-refractivity contribution in [3.63, 3.8) is 0 Å². The third kappa shape index (κ3) is 4.33. The minimum atomic E-state index is -0.201. The molecule has 1 fully saturated rings. The van der Waals surface area contributed by atoms with E-state index < -0.39 is 0 Å². The molecule has 1 aliphatic heterocycles. The number of ether oxygens (including phenoxy) is 2. The Kier molecular flexibility index (Phi) is 5.95. The fraction of sp³-hybridized carbons (Fsp3) is 0.588. The SMILES string of the molecule is CCN(CC)Cc1cnc2c(C(=O)NC[C@@H]3COCCO3)cnn2c1. The molecule has 3 heterocycles. The summed E-state index contributed by atoms with van der Waals surface area (Å²) in [5.74, 6) is -0.201. The van der Waals surface area contributed by atoms with E-state index in [4.69, 9.17) is 9.47 Å². The van der Waals surface area contributed by atoms with Gasteiger partial charge in [0.25, 0.3) is 5.91 Å². The van der Waals surface area contributed by atoms with Crippen LogP contribution in [0.5, 0.6) is 0 Å². The summed E-state index contributed by atoms with van der Waals surface area (Å²) in [6, 6.07) is 0. The summed E-state index contributed by atoms with van der Waals surface area (Å²) in [4.78, 5) is 19.1. The van der Waals surface area contributed by atoms with Crippen molar-refractivity contribution in [2.24, 2.45) is 0 Å². The van der Waals surface area contributed by atoms with Crippen LogP contribution in [0.4, 0.5) is 0 Å². The van der Waals surface area contributed by atoms with Crippen molar-refractivity contribution < 1.29 is 14.3 Å². The van der Waals surface area contributed by atoms with E-state index in [9.17, 15) is 4.79 Å². The molecule has 1 saturated heterocycles. The second-order valence-electron chi connectivity index (χ2n) is 6.03. The topological polar surface area (TPSA) is 81.0 Å². The first-order valence-corrected chi connectivity index (χ1v) is 8.73. The Morgan fingerprint density at radius 1 is 1.36 bits per heavy atom. The zero-order valence-electron chi connectivity index (χ0n) is 14.8. The molecule has 25 heavy (non-hydrogen) atoms. The van der Waals surface area contributed by atoms with Crippen molar-refractivity contribution in [2.75, 3.05) is 39.5 Å². The Hall–Kier alpha value is -2.03. The van der Waals surface area contributed by atoms with Crippen LogP contribution >= 0.6 is 0 Å². The fourth-order valence-electron chi connectivity index (χ4n) is 2.82. The van der Waals surface area contributed by atoms with Crippen LogP contribution in [0.2, 0.25) is 0 Å². The summed E-state index contributed by atoms with van der Waals surface area (Å²) in [5.41, 5.74) is 2.09. The van der Waals surface area contributed by atoms with E-state index in [2.05, 4.69) is 34.1 Å². The lowest BCUT2D eigenvalue weighted by Crippen LogP contribution is -2.39. The molecule has 3 rings (SSSR count). The highest BCUT2D eigenvalue weighted by molar-refractivity contribution is 5.99. The molecule has 2 aromatic heterocycles. The van der Waals surface area contributed by atoms with Crippen LogP contribution in [0.3, 0.4) is 0 Å². The molecule has 8 heteroatoms. The van der Waals surface area contributed by atoms with E-state index in [0.29, 0.717) is 37.6 Å². The minimum absolute atomic E-state index is 0.104. The molecule has 136 valence electrons. The lowest BCUT2D eigenvalue weighted by Gasteiger charge is -2.22. The van der Waals surface area contributed by atoms with Gasteiger partial charge in [-0.25, -0.2) is 9.50 Å². The van der Waals surface area contributed by atoms with Crippen molar-refractivity contribution in [1.29, 1.82) is 0 Å². The lowest BCUT2D eigenvalue weighted by molar-refractivity contribution is -0.0855. The predicted molar refractivity (Wildman–Crippen MR) is 92.5 cm³/mol. The normalized spacial score (nSPS) is 18.0. The van der Waals surface area contributed by atoms with Crippen LogP contribution < -0.4 is 5.32 Å². The van der Waals surface area contributed by atoms with Crippen molar-refractivity contribution >= 4 is 11.6 Å². The van der Waals surface area contributed by atoms with Gasteiger partial charge in [0.2, 0.25) is 0 Å². The van der Waals surface area contributed by atoms with Crippen LogP contribution in [0.15, 0.2) is 18.6 Å². The number of nitrogens with one attached hydrogen (secondary N) is 1. The maximum absolute atomic E-state index is 12.4. The van der Waals surface area contributed by atoms with Gasteiger partial charge in [-0.2, -0.15) is 5.10 Å². The number of amides is 1. The van der Waals surface area contributed by atoms with Gasteiger partial charge in [-0.05, 0) is 13.1 Å². The third-order valence-corrected chi connectivity index (χ3v) is 4.33. The molecule has 2 aromatic rings. The molecule has 0 spiro atoms. The van der Waals surface area contributed by atoms with Crippen LogP contribution in [-0.2, 0) is 16.0 Å². The molecule has 1 amide bonds. The van der Waals surface area contributed by atoms with E-state index >= 15 is 0 Å². The standard InChI is InChI=1S/C17H25N5O3/c1-3-21(4-2)10-13-7-18-16-15(9-20-22(16)11-13)17(23)19-8-14-12-24-5-6-25-14/h7,9,11,14H,3-6,8,10,12H2,1-2H3,(H,19,23)/t14-/m1/s1. The van der Waals surface area contributed by atoms with Crippen molar-refractivity contribution in [2.45, 2.75) is 26.5 Å². The first kappa shape index (κ1) is 17.8. The highest BCUT2D eigenvalue weighted by Gasteiger charge is 2.18. The lowest BCUT2D eigenvalue weighted by atomic mass is 10.2. The predicted octanol–water partition coefficient (Wildman–Crippen LogP) is 0.716. The molecule has 1 N–H and O–H groups in total. The Bertz CT molecular complexity index is 707. The first-order valence-electron chi connectivity index (χ1n) is 8.73. The van der Waals surface area contributed by atoms with Crippen LogP contribution in [0.1, 0.15) is 29.8 Å². The van der Waals surface area contributed by atoms with E-state index in [1.165, 1.54) is 0 Å². The van der Waals surface area contributed by atoms with Gasteiger partial charge in [-0.3, -0.25) is 9.69 Å². The molecule has 8 nitrogen and oxygen atoms in total. The van der Waals surface area contributed by atoms with Gasteiger partial charge < -0.3 is 14.8 Å². The molecule has 0 aromatic carbocycles. The van der Waals surface area contributed by atoms with Crippen molar-refractivity contribution in [1.82, 2.24) is 24.8 Å². The minimum Gasteiger partial charge on any atom is -0.376 e. The molecule has 0 radical (unpaired) electrons. The van der Waals surface area contributed by atoms with Crippen molar-refractivity contribution in [3.05, 3.63) is 29.7 Å². The van der Waals surface area contributed by atoms with Gasteiger partial charge in [-0.1, -0.05) is 13.8 Å². The zero-order valence-corrected chi connectivity index (χ0v) is 14.8. The Labute approximate surface area is 147 Å². The van der Waals surface area contributed by atoms with E-state index in [-0.39, 0.29) is 12.0 Å². The quantitative estimate of drug-likeness (QED) is 0.795. The number of hydrogen-bond donors (Lipinski definition) is 1. The third-order valence-electron chi connectivity index (χ3n) is 4.33. The number of hydrogen-bond acceptors (Lipinski definition) is 6. The first-order chi connectivity index (χ1) is 12.2. The molecular weight excluding hydrogens is 322 g/mol. The van der Waals surface area contributed by atoms with Crippen LogP contribution in [-0.4, -0.2) is 71.0 Å². The molecule has 0 saturated carbocycles. The maximum atomic E-state index is 12.4. The summed E-state index contributed by atoms with van der Waals surface area (Å²) in [5, 5.41) is 7.14. The van der Waals surface area contributed by atoms with Gasteiger partial charge in [0.1, 0.15) is 5.56 Å². The second-order valence-corrected chi connectivity index (χ2v) is 6.03. The van der Waals surface area contributed by atoms with Crippen LogP contribution in [0, 0.1) is 0 Å². The Balaban J connectivity index is 1.66. The monoisotopic (exact) mass is 347 g/mol. The second kappa shape index (κ2) is 8.37. The summed E-state index contributed by atoms with van der Waals surface area (Å²) in [6.07, 6.45) is 5.18. The fourth-order valence-corrected chi connectivity index (χ4v) is 2.82. The van der Waals surface area contributed by atoms with Crippen molar-refractivity contribution in [3.8, 4) is 0 Å². The summed E-state index contributed by atoms with van der Waals surface area (Å²) < 4.78 is 12.5. The van der Waals surface area contributed by atoms with E-state index in [1.54, 1.807) is 10.7 Å². The summed E-state index contributed by atoms with van der Waals surface area (Å²) in [7, 11) is 0. The average Bonchev–Trinajstić information content (AvgIpc) is 3.08. The zero-order chi connectivity index (χ0) is 17.6. The van der Waals surface area contributed by atoms with Gasteiger partial charge in [-0.15, -0.1) is 0 Å². The molecule has 1 aliphatic rings. The molecular formula is C17H25N5O3. The van der Waals surface area contributed by atoms with E-state index in [0.717, 1.165) is 25.2 Å². The average molecular weight is 347 g/mol. The van der Waals surface area contributed by atoms with Gasteiger partial charge in [0.05, 0.1) is 32.1 Å². The number of fused-ring (bicyclic) bond motifs is 1. The number of carbonyl (C=O) groups is 1. The number of aromatic nitrogens is 3. The number of rotatable bonds is 7. The van der Waals surface area contributed by atoms with Crippen LogP contribution in [0.25, 0.3) is 5.65 Å². The highest BCUT2D eigenvalue weighted by Crippen LogP contribution is 2.11.